The number of fused-ring (bicyclic) bond motifs is 1. The van der Waals surface area contributed by atoms with Crippen molar-refractivity contribution in [2.24, 2.45) is 0 Å². The molecule has 0 aliphatic heterocycles. The number of rotatable bonds is 3. The molecule has 1 aromatic carbocycles. The van der Waals surface area contributed by atoms with Gasteiger partial charge in [-0.1, -0.05) is 17.7 Å². The lowest BCUT2D eigenvalue weighted by molar-refractivity contribution is 0.593. The zero-order valence-corrected chi connectivity index (χ0v) is 13.2. The first kappa shape index (κ1) is 14.5. The van der Waals surface area contributed by atoms with Crippen molar-refractivity contribution in [2.75, 3.05) is 11.6 Å². The van der Waals surface area contributed by atoms with Gasteiger partial charge in [-0.2, -0.15) is 9.50 Å². The van der Waals surface area contributed by atoms with Crippen LogP contribution in [0.25, 0.3) is 5.78 Å². The van der Waals surface area contributed by atoms with Crippen LogP contribution in [0.5, 0.6) is 0 Å². The number of hydrogen-bond donors (Lipinski definition) is 1. The van der Waals surface area contributed by atoms with E-state index in [2.05, 4.69) is 20.4 Å². The van der Waals surface area contributed by atoms with Crippen molar-refractivity contribution in [3.05, 3.63) is 41.6 Å². The van der Waals surface area contributed by atoms with E-state index in [1.807, 2.05) is 38.1 Å². The molecule has 22 heavy (non-hydrogen) atoms. The molecule has 8 heteroatoms. The summed E-state index contributed by atoms with van der Waals surface area (Å²) >= 11 is 0. The molecule has 0 amide bonds. The van der Waals surface area contributed by atoms with Gasteiger partial charge in [-0.15, -0.1) is 5.10 Å². The van der Waals surface area contributed by atoms with E-state index in [-0.39, 0.29) is 10.9 Å². The quantitative estimate of drug-likeness (QED) is 0.793. The fourth-order valence-electron chi connectivity index (χ4n) is 2.00. The summed E-state index contributed by atoms with van der Waals surface area (Å²) in [6.45, 7) is 3.82. The maximum Gasteiger partial charge on any atom is 0.268 e. The van der Waals surface area contributed by atoms with Crippen LogP contribution in [0.15, 0.2) is 35.5 Å². The van der Waals surface area contributed by atoms with E-state index < -0.39 is 9.84 Å². The second-order valence-corrected chi connectivity index (χ2v) is 7.06. The summed E-state index contributed by atoms with van der Waals surface area (Å²) in [6, 6.07) is 9.62. The number of nitrogens with one attached hydrogen (secondary N) is 1. The molecule has 0 atom stereocenters. The summed E-state index contributed by atoms with van der Waals surface area (Å²) in [5, 5.41) is 7.00. The Hall–Kier alpha value is -2.48. The number of aromatic nitrogens is 4. The first-order valence-electron chi connectivity index (χ1n) is 6.61. The van der Waals surface area contributed by atoms with Gasteiger partial charge in [-0.3, -0.25) is 0 Å². The summed E-state index contributed by atoms with van der Waals surface area (Å²) < 4.78 is 24.6. The predicted molar refractivity (Wildman–Crippen MR) is 83.1 cm³/mol. The third kappa shape index (κ3) is 2.77. The molecule has 0 radical (unpaired) electrons. The van der Waals surface area contributed by atoms with Gasteiger partial charge in [0.25, 0.3) is 10.9 Å². The maximum atomic E-state index is 11.6. The van der Waals surface area contributed by atoms with Gasteiger partial charge in [0, 0.05) is 23.7 Å². The smallest absolute Gasteiger partial charge is 0.268 e. The minimum atomic E-state index is -3.48. The van der Waals surface area contributed by atoms with Gasteiger partial charge < -0.3 is 5.32 Å². The highest BCUT2D eigenvalue weighted by Crippen LogP contribution is 2.19. The van der Waals surface area contributed by atoms with Crippen molar-refractivity contribution in [3.63, 3.8) is 0 Å². The topological polar surface area (TPSA) is 89.2 Å². The average molecular weight is 317 g/mol. The SMILES string of the molecule is Cc1ccc(Nc2cc(C)nc3nc(S(C)(=O)=O)nn23)cc1. The van der Waals surface area contributed by atoms with E-state index in [0.29, 0.717) is 5.82 Å². The van der Waals surface area contributed by atoms with Gasteiger partial charge in [0.2, 0.25) is 9.84 Å². The van der Waals surface area contributed by atoms with Crippen LogP contribution >= 0.6 is 0 Å². The van der Waals surface area contributed by atoms with Gasteiger partial charge in [0.1, 0.15) is 5.82 Å². The van der Waals surface area contributed by atoms with Crippen LogP contribution in [0.3, 0.4) is 0 Å². The van der Waals surface area contributed by atoms with Crippen molar-refractivity contribution in [2.45, 2.75) is 19.0 Å². The van der Waals surface area contributed by atoms with Crippen molar-refractivity contribution < 1.29 is 8.42 Å². The van der Waals surface area contributed by atoms with E-state index in [1.165, 1.54) is 4.52 Å². The molecule has 2 aromatic heterocycles. The standard InChI is InChI=1S/C14H15N5O2S/c1-9-4-6-11(7-5-9)16-12-8-10(2)15-13-17-14(18-19(12)13)22(3,20)21/h4-8,16H,1-3H3. The summed E-state index contributed by atoms with van der Waals surface area (Å²) in [5.74, 6) is 0.851. The maximum absolute atomic E-state index is 11.6. The molecule has 0 aliphatic rings. The Bertz CT molecular complexity index is 945. The predicted octanol–water partition coefficient (Wildman–Crippen LogP) is 1.89. The third-order valence-electron chi connectivity index (χ3n) is 3.08. The molecule has 0 saturated carbocycles. The van der Waals surface area contributed by atoms with Crippen molar-refractivity contribution in [1.82, 2.24) is 19.6 Å². The Balaban J connectivity index is 2.12. The van der Waals surface area contributed by atoms with Crippen molar-refractivity contribution >= 4 is 27.1 Å². The minimum Gasteiger partial charge on any atom is -0.340 e. The molecule has 0 bridgehead atoms. The lowest BCUT2D eigenvalue weighted by Gasteiger charge is -2.08. The number of nitrogens with zero attached hydrogens (tertiary/aromatic N) is 4. The molecule has 3 rings (SSSR count). The molecule has 7 nitrogen and oxygen atoms in total. The minimum absolute atomic E-state index is 0.238. The van der Waals surface area contributed by atoms with Gasteiger partial charge in [0.15, 0.2) is 0 Å². The number of benzene rings is 1. The Labute approximate surface area is 128 Å². The normalized spacial score (nSPS) is 11.8. The number of anilines is 2. The largest absolute Gasteiger partial charge is 0.340 e. The van der Waals surface area contributed by atoms with Crippen LogP contribution in [0.4, 0.5) is 11.5 Å². The highest BCUT2D eigenvalue weighted by molar-refractivity contribution is 7.90. The Morgan fingerprint density at radius 2 is 1.77 bits per heavy atom. The molecule has 1 N–H and O–H groups in total. The van der Waals surface area contributed by atoms with Gasteiger partial charge in [0.05, 0.1) is 0 Å². The molecule has 0 saturated heterocycles. The van der Waals surface area contributed by atoms with Gasteiger partial charge >= 0.3 is 0 Å². The van der Waals surface area contributed by atoms with E-state index in [0.717, 1.165) is 23.2 Å². The second-order valence-electron chi connectivity index (χ2n) is 5.15. The number of aryl methyl sites for hydroxylation is 2. The van der Waals surface area contributed by atoms with Crippen molar-refractivity contribution in [1.29, 1.82) is 0 Å². The molecule has 2 heterocycles. The molecule has 114 valence electrons. The molecular weight excluding hydrogens is 302 g/mol. The molecule has 0 unspecified atom stereocenters. The Morgan fingerprint density at radius 3 is 2.41 bits per heavy atom. The highest BCUT2D eigenvalue weighted by atomic mass is 32.2. The van der Waals surface area contributed by atoms with E-state index in [4.69, 9.17) is 0 Å². The number of hydrogen-bond acceptors (Lipinski definition) is 6. The first-order chi connectivity index (χ1) is 10.3. The van der Waals surface area contributed by atoms with Crippen LogP contribution < -0.4 is 5.32 Å². The Morgan fingerprint density at radius 1 is 1.09 bits per heavy atom. The molecule has 0 fully saturated rings. The van der Waals surface area contributed by atoms with Gasteiger partial charge in [-0.25, -0.2) is 13.4 Å². The zero-order chi connectivity index (χ0) is 15.9. The highest BCUT2D eigenvalue weighted by Gasteiger charge is 2.17. The fourth-order valence-corrected chi connectivity index (χ4v) is 2.48. The van der Waals surface area contributed by atoms with Crippen LogP contribution in [-0.2, 0) is 9.84 Å². The molecule has 3 aromatic rings. The molecular formula is C14H15N5O2S. The zero-order valence-electron chi connectivity index (χ0n) is 12.4. The first-order valence-corrected chi connectivity index (χ1v) is 8.50. The van der Waals surface area contributed by atoms with E-state index in [9.17, 15) is 8.42 Å². The summed E-state index contributed by atoms with van der Waals surface area (Å²) in [6.07, 6.45) is 1.07. The fraction of sp³-hybridized carbons (Fsp3) is 0.214. The third-order valence-corrected chi connectivity index (χ3v) is 3.91. The monoisotopic (exact) mass is 317 g/mol. The summed E-state index contributed by atoms with van der Waals surface area (Å²) in [5.41, 5.74) is 2.74. The lowest BCUT2D eigenvalue weighted by atomic mass is 10.2. The van der Waals surface area contributed by atoms with Gasteiger partial charge in [-0.05, 0) is 26.0 Å². The summed E-state index contributed by atoms with van der Waals surface area (Å²) in [7, 11) is -3.48. The van der Waals surface area contributed by atoms with E-state index in [1.54, 1.807) is 6.07 Å². The second kappa shape index (κ2) is 5.06. The molecule has 0 aliphatic carbocycles. The van der Waals surface area contributed by atoms with Crippen LogP contribution in [0.1, 0.15) is 11.3 Å². The van der Waals surface area contributed by atoms with Crippen LogP contribution in [-0.4, -0.2) is 34.3 Å². The lowest BCUT2D eigenvalue weighted by Crippen LogP contribution is -2.03. The van der Waals surface area contributed by atoms with E-state index >= 15 is 0 Å². The van der Waals surface area contributed by atoms with Crippen LogP contribution in [0.2, 0.25) is 0 Å². The van der Waals surface area contributed by atoms with Crippen molar-refractivity contribution in [3.8, 4) is 0 Å². The van der Waals surface area contributed by atoms with Crippen LogP contribution in [0, 0.1) is 13.8 Å². The molecule has 0 spiro atoms. The Kier molecular flexibility index (Phi) is 3.32. The summed E-state index contributed by atoms with van der Waals surface area (Å²) in [4.78, 5) is 8.19. The average Bonchev–Trinajstić information content (AvgIpc) is 2.85. The number of sulfone groups is 1.